The van der Waals surface area contributed by atoms with Crippen molar-refractivity contribution in [1.82, 2.24) is 4.98 Å². The molecule has 0 unspecified atom stereocenters. The number of aromatic nitrogens is 1. The first-order valence-electron chi connectivity index (χ1n) is 8.18. The molecule has 0 fully saturated rings. The van der Waals surface area contributed by atoms with Crippen LogP contribution in [0.25, 0.3) is 26.9 Å². The second-order valence-electron chi connectivity index (χ2n) is 5.85. The van der Waals surface area contributed by atoms with Crippen LogP contribution in [0.5, 0.6) is 0 Å². The number of hydrogen-bond acceptors (Lipinski definition) is 4. The molecule has 0 aliphatic carbocycles. The summed E-state index contributed by atoms with van der Waals surface area (Å²) in [5, 5.41) is 3.86. The van der Waals surface area contributed by atoms with Crippen LogP contribution < -0.4 is 5.32 Å². The van der Waals surface area contributed by atoms with E-state index in [0.717, 1.165) is 32.0 Å². The van der Waals surface area contributed by atoms with Crippen molar-refractivity contribution in [3.63, 3.8) is 0 Å². The lowest BCUT2D eigenvalue weighted by Gasteiger charge is -2.08. The van der Waals surface area contributed by atoms with Crippen molar-refractivity contribution >= 4 is 39.2 Å². The predicted octanol–water partition coefficient (Wildman–Crippen LogP) is 5.52. The van der Waals surface area contributed by atoms with Crippen molar-refractivity contribution in [3.05, 3.63) is 78.3 Å². The Morgan fingerprint density at radius 1 is 1.15 bits per heavy atom. The van der Waals surface area contributed by atoms with Crippen LogP contribution in [0.15, 0.2) is 71.4 Å². The van der Waals surface area contributed by atoms with E-state index < -0.39 is 0 Å². The normalized spacial score (nSPS) is 11.3. The van der Waals surface area contributed by atoms with E-state index in [1.807, 2.05) is 43.3 Å². The summed E-state index contributed by atoms with van der Waals surface area (Å²) in [6.07, 6.45) is 4.67. The molecule has 4 nitrogen and oxygen atoms in total. The molecule has 0 radical (unpaired) electrons. The highest BCUT2D eigenvalue weighted by Crippen LogP contribution is 2.32. The fraction of sp³-hybridized carbons (Fsp3) is 0.0476. The lowest BCUT2D eigenvalue weighted by atomic mass is 10.1. The zero-order chi connectivity index (χ0) is 17.9. The average molecular weight is 360 g/mol. The first-order chi connectivity index (χ1) is 12.7. The summed E-state index contributed by atoms with van der Waals surface area (Å²) in [6, 6.07) is 17.6. The summed E-state index contributed by atoms with van der Waals surface area (Å²) in [5.41, 5.74) is 3.74. The lowest BCUT2D eigenvalue weighted by Crippen LogP contribution is -2.09. The number of nitrogens with one attached hydrogen (secondary N) is 1. The van der Waals surface area contributed by atoms with E-state index in [1.54, 1.807) is 35.8 Å². The van der Waals surface area contributed by atoms with Gasteiger partial charge in [0.05, 0.1) is 16.5 Å². The minimum absolute atomic E-state index is 0.203. The van der Waals surface area contributed by atoms with Gasteiger partial charge in [-0.3, -0.25) is 4.79 Å². The van der Waals surface area contributed by atoms with Gasteiger partial charge in [-0.2, -0.15) is 0 Å². The maximum atomic E-state index is 12.2. The van der Waals surface area contributed by atoms with Crippen LogP contribution in [0.3, 0.4) is 0 Å². The standard InChI is InChI=1S/C21H16N2O2S/c1-14-8-9-15(21-23-17-6-2-3-7-19(17)26-21)13-18(14)22-20(24)11-10-16-5-4-12-25-16/h2-13H,1H3,(H,22,24)/b11-10+. The van der Waals surface area contributed by atoms with E-state index >= 15 is 0 Å². The second-order valence-corrected chi connectivity index (χ2v) is 6.89. The van der Waals surface area contributed by atoms with E-state index in [1.165, 1.54) is 6.08 Å². The molecular weight excluding hydrogens is 344 g/mol. The van der Waals surface area contributed by atoms with Crippen LogP contribution >= 0.6 is 11.3 Å². The van der Waals surface area contributed by atoms with Crippen molar-refractivity contribution in [3.8, 4) is 10.6 Å². The third-order valence-electron chi connectivity index (χ3n) is 3.98. The van der Waals surface area contributed by atoms with Gasteiger partial charge in [-0.05, 0) is 48.9 Å². The lowest BCUT2D eigenvalue weighted by molar-refractivity contribution is -0.111. The van der Waals surface area contributed by atoms with Crippen LogP contribution in [0.2, 0.25) is 0 Å². The van der Waals surface area contributed by atoms with E-state index in [4.69, 9.17) is 4.42 Å². The Labute approximate surface area is 154 Å². The Kier molecular flexibility index (Phi) is 4.37. The molecule has 1 N–H and O–H groups in total. The summed E-state index contributed by atoms with van der Waals surface area (Å²) in [7, 11) is 0. The topological polar surface area (TPSA) is 55.1 Å². The molecule has 0 aliphatic rings. The summed E-state index contributed by atoms with van der Waals surface area (Å²) in [6.45, 7) is 1.97. The molecular formula is C21H16N2O2S. The van der Waals surface area contributed by atoms with Gasteiger partial charge in [0.25, 0.3) is 0 Å². The van der Waals surface area contributed by atoms with Gasteiger partial charge in [0, 0.05) is 17.3 Å². The SMILES string of the molecule is Cc1ccc(-c2nc3ccccc3s2)cc1NC(=O)/C=C/c1ccco1. The van der Waals surface area contributed by atoms with Crippen LogP contribution in [0.1, 0.15) is 11.3 Å². The summed E-state index contributed by atoms with van der Waals surface area (Å²) >= 11 is 1.64. The molecule has 1 amide bonds. The molecule has 0 atom stereocenters. The number of benzene rings is 2. The number of carbonyl (C=O) groups is 1. The van der Waals surface area contributed by atoms with Gasteiger partial charge in [0.2, 0.25) is 5.91 Å². The zero-order valence-corrected chi connectivity index (χ0v) is 14.9. The molecule has 4 rings (SSSR count). The first kappa shape index (κ1) is 16.3. The van der Waals surface area contributed by atoms with Gasteiger partial charge in [0.15, 0.2) is 0 Å². The molecule has 5 heteroatoms. The van der Waals surface area contributed by atoms with Gasteiger partial charge < -0.3 is 9.73 Å². The number of furan rings is 1. The largest absolute Gasteiger partial charge is 0.465 e. The molecule has 2 heterocycles. The third kappa shape index (κ3) is 3.43. The number of anilines is 1. The summed E-state index contributed by atoms with van der Waals surface area (Å²) in [4.78, 5) is 16.9. The number of rotatable bonds is 4. The Hall–Kier alpha value is -3.18. The highest BCUT2D eigenvalue weighted by molar-refractivity contribution is 7.21. The van der Waals surface area contributed by atoms with Crippen LogP contribution in [0.4, 0.5) is 5.69 Å². The first-order valence-corrected chi connectivity index (χ1v) is 9.00. The van der Waals surface area contributed by atoms with Gasteiger partial charge in [-0.25, -0.2) is 4.98 Å². The third-order valence-corrected chi connectivity index (χ3v) is 5.06. The smallest absolute Gasteiger partial charge is 0.248 e. The second kappa shape index (κ2) is 6.98. The van der Waals surface area contributed by atoms with Crippen LogP contribution in [-0.4, -0.2) is 10.9 Å². The monoisotopic (exact) mass is 360 g/mol. The molecule has 2 aromatic carbocycles. The maximum Gasteiger partial charge on any atom is 0.248 e. The van der Waals surface area contributed by atoms with Gasteiger partial charge >= 0.3 is 0 Å². The number of carbonyl (C=O) groups excluding carboxylic acids is 1. The molecule has 26 heavy (non-hydrogen) atoms. The number of amides is 1. The molecule has 4 aromatic rings. The van der Waals surface area contributed by atoms with Gasteiger partial charge in [-0.1, -0.05) is 24.3 Å². The minimum Gasteiger partial charge on any atom is -0.465 e. The number of hydrogen-bond donors (Lipinski definition) is 1. The van der Waals surface area contributed by atoms with E-state index in [9.17, 15) is 4.79 Å². The van der Waals surface area contributed by atoms with Crippen molar-refractivity contribution in [1.29, 1.82) is 0 Å². The quantitative estimate of drug-likeness (QED) is 0.488. The van der Waals surface area contributed by atoms with Gasteiger partial charge in [0.1, 0.15) is 10.8 Å². The Balaban J connectivity index is 1.58. The average Bonchev–Trinajstić information content (AvgIpc) is 3.31. The van der Waals surface area contributed by atoms with E-state index in [2.05, 4.69) is 16.4 Å². The molecule has 0 saturated carbocycles. The number of para-hydroxylation sites is 1. The molecule has 0 aliphatic heterocycles. The van der Waals surface area contributed by atoms with Crippen molar-refractivity contribution in [2.75, 3.05) is 5.32 Å². The van der Waals surface area contributed by atoms with Crippen LogP contribution in [-0.2, 0) is 4.79 Å². The molecule has 2 aromatic heterocycles. The summed E-state index contributed by atoms with van der Waals surface area (Å²) in [5.74, 6) is 0.436. The molecule has 0 saturated heterocycles. The van der Waals surface area contributed by atoms with E-state index in [0.29, 0.717) is 5.76 Å². The molecule has 128 valence electrons. The van der Waals surface area contributed by atoms with Crippen molar-refractivity contribution < 1.29 is 9.21 Å². The zero-order valence-electron chi connectivity index (χ0n) is 14.1. The van der Waals surface area contributed by atoms with Crippen molar-refractivity contribution in [2.45, 2.75) is 6.92 Å². The number of nitrogens with zero attached hydrogens (tertiary/aromatic N) is 1. The highest BCUT2D eigenvalue weighted by Gasteiger charge is 2.09. The van der Waals surface area contributed by atoms with Crippen molar-refractivity contribution in [2.24, 2.45) is 0 Å². The molecule has 0 spiro atoms. The number of thiazole rings is 1. The maximum absolute atomic E-state index is 12.2. The minimum atomic E-state index is -0.203. The fourth-order valence-corrected chi connectivity index (χ4v) is 3.57. The Morgan fingerprint density at radius 3 is 2.85 bits per heavy atom. The fourth-order valence-electron chi connectivity index (χ4n) is 2.60. The number of fused-ring (bicyclic) bond motifs is 1. The van der Waals surface area contributed by atoms with Gasteiger partial charge in [-0.15, -0.1) is 11.3 Å². The summed E-state index contributed by atoms with van der Waals surface area (Å²) < 4.78 is 6.34. The predicted molar refractivity (Wildman–Crippen MR) is 106 cm³/mol. The van der Waals surface area contributed by atoms with Crippen LogP contribution in [0, 0.1) is 6.92 Å². The Bertz CT molecular complexity index is 1060. The molecule has 0 bridgehead atoms. The Morgan fingerprint density at radius 2 is 2.04 bits per heavy atom. The highest BCUT2D eigenvalue weighted by atomic mass is 32.1. The number of aryl methyl sites for hydroxylation is 1. The van der Waals surface area contributed by atoms with E-state index in [-0.39, 0.29) is 5.91 Å².